The van der Waals surface area contributed by atoms with E-state index in [0.717, 1.165) is 55.7 Å². The SMILES string of the molecule is CC(C)C(=O)N1CCCC12CCN(c1ncnc3[nH]ccc13)C2. The third-order valence-corrected chi connectivity index (χ3v) is 5.32. The molecule has 4 heterocycles. The molecule has 0 aliphatic carbocycles. The first-order valence-corrected chi connectivity index (χ1v) is 8.45. The van der Waals surface area contributed by atoms with Gasteiger partial charge in [0.25, 0.3) is 0 Å². The van der Waals surface area contributed by atoms with Crippen LogP contribution < -0.4 is 4.90 Å². The smallest absolute Gasteiger partial charge is 0.225 e. The van der Waals surface area contributed by atoms with E-state index in [4.69, 9.17) is 0 Å². The van der Waals surface area contributed by atoms with E-state index in [-0.39, 0.29) is 11.5 Å². The summed E-state index contributed by atoms with van der Waals surface area (Å²) < 4.78 is 0. The Labute approximate surface area is 135 Å². The molecular weight excluding hydrogens is 290 g/mol. The minimum atomic E-state index is -0.00503. The Hall–Kier alpha value is -2.11. The molecule has 122 valence electrons. The van der Waals surface area contributed by atoms with Gasteiger partial charge in [0.1, 0.15) is 17.8 Å². The number of nitrogens with one attached hydrogen (secondary N) is 1. The van der Waals surface area contributed by atoms with Gasteiger partial charge in [0.15, 0.2) is 0 Å². The molecule has 4 rings (SSSR count). The van der Waals surface area contributed by atoms with E-state index in [1.54, 1.807) is 6.33 Å². The lowest BCUT2D eigenvalue weighted by Gasteiger charge is -2.36. The number of H-pyrrole nitrogens is 1. The molecule has 2 aliphatic heterocycles. The monoisotopic (exact) mass is 313 g/mol. The summed E-state index contributed by atoms with van der Waals surface area (Å²) in [5, 5.41) is 1.06. The van der Waals surface area contributed by atoms with E-state index in [1.807, 2.05) is 26.1 Å². The van der Waals surface area contributed by atoms with Crippen LogP contribution in [0.1, 0.15) is 33.1 Å². The fourth-order valence-electron chi connectivity index (χ4n) is 4.17. The van der Waals surface area contributed by atoms with Gasteiger partial charge in [-0.05, 0) is 25.3 Å². The largest absolute Gasteiger partial charge is 0.354 e. The quantitative estimate of drug-likeness (QED) is 0.923. The lowest BCUT2D eigenvalue weighted by Crippen LogP contribution is -2.50. The summed E-state index contributed by atoms with van der Waals surface area (Å²) in [5.41, 5.74) is 0.868. The number of nitrogens with zero attached hydrogens (tertiary/aromatic N) is 4. The van der Waals surface area contributed by atoms with Crippen molar-refractivity contribution in [3.8, 4) is 0 Å². The first-order valence-electron chi connectivity index (χ1n) is 8.45. The first kappa shape index (κ1) is 14.5. The summed E-state index contributed by atoms with van der Waals surface area (Å²) in [6.45, 7) is 6.71. The second-order valence-corrected chi connectivity index (χ2v) is 7.08. The standard InChI is InChI=1S/C17H23N5O/c1-12(2)16(23)22-8-3-5-17(22)6-9-21(10-17)15-13-4-7-18-14(13)19-11-20-15/h4,7,11-12H,3,5-6,8-10H2,1-2H3,(H,18,19,20). The maximum atomic E-state index is 12.6. The van der Waals surface area contributed by atoms with Crippen LogP contribution in [0, 0.1) is 5.92 Å². The Kier molecular flexibility index (Phi) is 3.28. The van der Waals surface area contributed by atoms with Crippen LogP contribution in [0.4, 0.5) is 5.82 Å². The van der Waals surface area contributed by atoms with Gasteiger partial charge in [-0.1, -0.05) is 13.8 Å². The average molecular weight is 313 g/mol. The Morgan fingerprint density at radius 1 is 1.30 bits per heavy atom. The van der Waals surface area contributed by atoms with Crippen LogP contribution in [0.2, 0.25) is 0 Å². The molecule has 0 radical (unpaired) electrons. The Bertz CT molecular complexity index is 739. The van der Waals surface area contributed by atoms with E-state index in [9.17, 15) is 4.79 Å². The van der Waals surface area contributed by atoms with Gasteiger partial charge in [0.05, 0.1) is 10.9 Å². The maximum Gasteiger partial charge on any atom is 0.225 e. The second kappa shape index (κ2) is 5.22. The number of hydrogen-bond donors (Lipinski definition) is 1. The number of aromatic nitrogens is 3. The predicted octanol–water partition coefficient (Wildman–Crippen LogP) is 2.19. The fraction of sp³-hybridized carbons (Fsp3) is 0.588. The molecule has 1 spiro atoms. The van der Waals surface area contributed by atoms with Crippen molar-refractivity contribution < 1.29 is 4.79 Å². The maximum absolute atomic E-state index is 12.6. The third kappa shape index (κ3) is 2.19. The Balaban J connectivity index is 1.64. The molecule has 0 saturated carbocycles. The topological polar surface area (TPSA) is 65.1 Å². The molecule has 2 fully saturated rings. The average Bonchev–Trinajstić information content (AvgIpc) is 3.26. The number of rotatable bonds is 2. The van der Waals surface area contributed by atoms with Crippen molar-refractivity contribution in [3.05, 3.63) is 18.6 Å². The zero-order valence-corrected chi connectivity index (χ0v) is 13.7. The van der Waals surface area contributed by atoms with Gasteiger partial charge < -0.3 is 14.8 Å². The van der Waals surface area contributed by atoms with Crippen molar-refractivity contribution in [1.82, 2.24) is 19.9 Å². The minimum absolute atomic E-state index is 0.00503. The van der Waals surface area contributed by atoms with Crippen LogP contribution in [-0.4, -0.2) is 50.9 Å². The van der Waals surface area contributed by atoms with Crippen LogP contribution in [0.5, 0.6) is 0 Å². The van der Waals surface area contributed by atoms with Gasteiger partial charge >= 0.3 is 0 Å². The van der Waals surface area contributed by atoms with Gasteiger partial charge in [0, 0.05) is 31.7 Å². The molecule has 2 aromatic rings. The van der Waals surface area contributed by atoms with Crippen molar-refractivity contribution in [2.24, 2.45) is 5.92 Å². The highest BCUT2D eigenvalue weighted by atomic mass is 16.2. The number of carbonyl (C=O) groups excluding carboxylic acids is 1. The van der Waals surface area contributed by atoms with Crippen LogP contribution in [0.3, 0.4) is 0 Å². The van der Waals surface area contributed by atoms with Crippen molar-refractivity contribution in [1.29, 1.82) is 0 Å². The summed E-state index contributed by atoms with van der Waals surface area (Å²) in [6, 6.07) is 2.03. The van der Waals surface area contributed by atoms with Crippen molar-refractivity contribution >= 4 is 22.8 Å². The van der Waals surface area contributed by atoms with Crippen LogP contribution in [-0.2, 0) is 4.79 Å². The van der Waals surface area contributed by atoms with Gasteiger partial charge in [-0.3, -0.25) is 4.79 Å². The highest BCUT2D eigenvalue weighted by Crippen LogP contribution is 2.40. The number of anilines is 1. The highest BCUT2D eigenvalue weighted by Gasteiger charge is 2.48. The first-order chi connectivity index (χ1) is 11.1. The summed E-state index contributed by atoms with van der Waals surface area (Å²) in [5.74, 6) is 1.34. The lowest BCUT2D eigenvalue weighted by atomic mass is 9.94. The molecular formula is C17H23N5O. The summed E-state index contributed by atoms with van der Waals surface area (Å²) in [6.07, 6.45) is 6.75. The normalized spacial score (nSPS) is 24.5. The molecule has 1 amide bonds. The zero-order valence-electron chi connectivity index (χ0n) is 13.7. The fourth-order valence-corrected chi connectivity index (χ4v) is 4.17. The van der Waals surface area contributed by atoms with Crippen molar-refractivity contribution in [3.63, 3.8) is 0 Å². The minimum Gasteiger partial charge on any atom is -0.354 e. The van der Waals surface area contributed by atoms with E-state index in [2.05, 4.69) is 24.8 Å². The number of likely N-dealkylation sites (tertiary alicyclic amines) is 1. The van der Waals surface area contributed by atoms with E-state index in [1.165, 1.54) is 0 Å². The molecule has 1 atom stereocenters. The molecule has 6 heteroatoms. The zero-order chi connectivity index (χ0) is 16.0. The number of aromatic amines is 1. The number of hydrogen-bond acceptors (Lipinski definition) is 4. The van der Waals surface area contributed by atoms with Gasteiger partial charge in [-0.15, -0.1) is 0 Å². The Morgan fingerprint density at radius 2 is 2.17 bits per heavy atom. The lowest BCUT2D eigenvalue weighted by molar-refractivity contribution is -0.138. The molecule has 23 heavy (non-hydrogen) atoms. The molecule has 6 nitrogen and oxygen atoms in total. The van der Waals surface area contributed by atoms with Crippen LogP contribution in [0.15, 0.2) is 18.6 Å². The van der Waals surface area contributed by atoms with Gasteiger partial charge in [-0.25, -0.2) is 9.97 Å². The summed E-state index contributed by atoms with van der Waals surface area (Å²) in [4.78, 5) is 29.0. The molecule has 0 aromatic carbocycles. The molecule has 0 bridgehead atoms. The number of amides is 1. The van der Waals surface area contributed by atoms with E-state index in [0.29, 0.717) is 5.91 Å². The molecule has 2 aliphatic rings. The van der Waals surface area contributed by atoms with E-state index < -0.39 is 0 Å². The molecule has 2 aromatic heterocycles. The van der Waals surface area contributed by atoms with Gasteiger partial charge in [0.2, 0.25) is 5.91 Å². The van der Waals surface area contributed by atoms with Crippen molar-refractivity contribution in [2.45, 2.75) is 38.6 Å². The summed E-state index contributed by atoms with van der Waals surface area (Å²) >= 11 is 0. The van der Waals surface area contributed by atoms with Crippen molar-refractivity contribution in [2.75, 3.05) is 24.5 Å². The third-order valence-electron chi connectivity index (χ3n) is 5.32. The molecule has 1 N–H and O–H groups in total. The van der Waals surface area contributed by atoms with Crippen LogP contribution in [0.25, 0.3) is 11.0 Å². The number of fused-ring (bicyclic) bond motifs is 1. The number of carbonyl (C=O) groups is 1. The highest BCUT2D eigenvalue weighted by molar-refractivity contribution is 5.87. The molecule has 2 saturated heterocycles. The predicted molar refractivity (Wildman–Crippen MR) is 89.2 cm³/mol. The van der Waals surface area contributed by atoms with E-state index >= 15 is 0 Å². The molecule has 1 unspecified atom stereocenters. The Morgan fingerprint density at radius 3 is 3.00 bits per heavy atom. The van der Waals surface area contributed by atoms with Crippen LogP contribution >= 0.6 is 0 Å². The van der Waals surface area contributed by atoms with Gasteiger partial charge in [-0.2, -0.15) is 0 Å². The second-order valence-electron chi connectivity index (χ2n) is 7.08. The summed E-state index contributed by atoms with van der Waals surface area (Å²) in [7, 11) is 0.